The van der Waals surface area contributed by atoms with Gasteiger partial charge in [-0.05, 0) is 68.9 Å². The first kappa shape index (κ1) is 22.6. The third-order valence-corrected chi connectivity index (χ3v) is 5.94. The number of hydrogen-bond donors (Lipinski definition) is 1. The number of alkyl halides is 3. The molecule has 8 heteroatoms. The van der Waals surface area contributed by atoms with Gasteiger partial charge in [-0.3, -0.25) is 9.78 Å². The van der Waals surface area contributed by atoms with E-state index in [0.717, 1.165) is 37.3 Å². The van der Waals surface area contributed by atoms with Crippen molar-refractivity contribution in [2.75, 3.05) is 12.4 Å². The fourth-order valence-electron chi connectivity index (χ4n) is 4.15. The van der Waals surface area contributed by atoms with E-state index in [1.54, 1.807) is 42.5 Å². The first-order chi connectivity index (χ1) is 14.6. The van der Waals surface area contributed by atoms with E-state index in [1.165, 1.54) is 6.92 Å². The Morgan fingerprint density at radius 2 is 1.87 bits per heavy atom. The number of aromatic nitrogens is 1. The van der Waals surface area contributed by atoms with Crippen LogP contribution in [0.4, 0.5) is 18.9 Å². The summed E-state index contributed by atoms with van der Waals surface area (Å²) < 4.78 is 40.0. The van der Waals surface area contributed by atoms with Gasteiger partial charge >= 0.3 is 6.18 Å². The monoisotopic (exact) mass is 430 g/mol. The maximum absolute atomic E-state index is 13.3. The summed E-state index contributed by atoms with van der Waals surface area (Å²) in [6.45, 7) is 3.36. The van der Waals surface area contributed by atoms with E-state index in [1.807, 2.05) is 6.92 Å². The third kappa shape index (κ3) is 4.98. The largest absolute Gasteiger partial charge is 0.417 e. The van der Waals surface area contributed by atoms with Crippen molar-refractivity contribution in [3.05, 3.63) is 58.4 Å². The lowest BCUT2D eigenvalue weighted by Gasteiger charge is -2.35. The van der Waals surface area contributed by atoms with Crippen LogP contribution in [0.15, 0.2) is 30.6 Å². The van der Waals surface area contributed by atoms with Crippen molar-refractivity contribution in [2.45, 2.75) is 57.8 Å². The Kier molecular flexibility index (Phi) is 6.54. The molecule has 1 aromatic heterocycles. The maximum Gasteiger partial charge on any atom is 0.417 e. The fourth-order valence-corrected chi connectivity index (χ4v) is 4.15. The number of amides is 1. The van der Waals surface area contributed by atoms with Gasteiger partial charge in [0.15, 0.2) is 0 Å². The van der Waals surface area contributed by atoms with Gasteiger partial charge in [-0.15, -0.1) is 0 Å². The molecule has 0 atom stereocenters. The topological polar surface area (TPSA) is 69.0 Å². The van der Waals surface area contributed by atoms with Crippen molar-refractivity contribution in [3.63, 3.8) is 0 Å². The minimum absolute atomic E-state index is 0.0100. The van der Waals surface area contributed by atoms with Crippen LogP contribution in [0.5, 0.6) is 0 Å². The van der Waals surface area contributed by atoms with Crippen LogP contribution in [0.25, 0.3) is 0 Å². The lowest BCUT2D eigenvalue weighted by molar-refractivity contribution is -0.137. The van der Waals surface area contributed by atoms with Gasteiger partial charge in [0, 0.05) is 42.8 Å². The number of nitriles is 1. The molecule has 31 heavy (non-hydrogen) atoms. The molecule has 2 aromatic rings. The normalized spacial score (nSPS) is 18.9. The smallest absolute Gasteiger partial charge is 0.382 e. The summed E-state index contributed by atoms with van der Waals surface area (Å²) in [5, 5.41) is 12.3. The van der Waals surface area contributed by atoms with Crippen LogP contribution in [0, 0.1) is 25.2 Å². The van der Waals surface area contributed by atoms with Crippen LogP contribution in [0.2, 0.25) is 0 Å². The molecule has 5 nitrogen and oxygen atoms in total. The van der Waals surface area contributed by atoms with Crippen molar-refractivity contribution in [3.8, 4) is 6.07 Å². The van der Waals surface area contributed by atoms with Crippen LogP contribution in [-0.4, -0.2) is 34.9 Å². The summed E-state index contributed by atoms with van der Waals surface area (Å²) in [6, 6.07) is 6.06. The van der Waals surface area contributed by atoms with Gasteiger partial charge in [0.05, 0.1) is 11.1 Å². The van der Waals surface area contributed by atoms with Gasteiger partial charge in [0.25, 0.3) is 5.91 Å². The predicted molar refractivity (Wildman–Crippen MR) is 112 cm³/mol. The van der Waals surface area contributed by atoms with E-state index >= 15 is 0 Å². The maximum atomic E-state index is 13.3. The molecule has 0 bridgehead atoms. The van der Waals surface area contributed by atoms with E-state index in [2.05, 4.69) is 10.3 Å². The molecule has 1 fully saturated rings. The summed E-state index contributed by atoms with van der Waals surface area (Å²) in [5.74, 6) is -0.0474. The molecule has 3 rings (SSSR count). The number of benzene rings is 1. The summed E-state index contributed by atoms with van der Waals surface area (Å²) in [5.41, 5.74) is 0.866. The SMILES string of the molecule is Cc1cnccc1C(=O)N(C)C1CCC(Nc2cc(C)c(C#N)c(C(F)(F)F)c2)CC1. The number of halogens is 3. The molecule has 0 saturated heterocycles. The van der Waals surface area contributed by atoms with E-state index in [0.29, 0.717) is 16.8 Å². The van der Waals surface area contributed by atoms with Crippen molar-refractivity contribution < 1.29 is 18.0 Å². The molecule has 1 saturated carbocycles. The van der Waals surface area contributed by atoms with Crippen LogP contribution in [0.1, 0.15) is 58.3 Å². The van der Waals surface area contributed by atoms with E-state index in [4.69, 9.17) is 5.26 Å². The number of anilines is 1. The fraction of sp³-hybridized carbons (Fsp3) is 0.435. The highest BCUT2D eigenvalue weighted by molar-refractivity contribution is 5.95. The minimum atomic E-state index is -4.58. The molecule has 0 spiro atoms. The summed E-state index contributed by atoms with van der Waals surface area (Å²) in [6.07, 6.45) is 1.66. The van der Waals surface area contributed by atoms with Gasteiger partial charge < -0.3 is 10.2 Å². The van der Waals surface area contributed by atoms with Gasteiger partial charge in [-0.25, -0.2) is 0 Å². The van der Waals surface area contributed by atoms with Gasteiger partial charge in [-0.1, -0.05) is 0 Å². The summed E-state index contributed by atoms with van der Waals surface area (Å²) in [7, 11) is 1.79. The summed E-state index contributed by atoms with van der Waals surface area (Å²) >= 11 is 0. The average molecular weight is 430 g/mol. The highest BCUT2D eigenvalue weighted by Crippen LogP contribution is 2.36. The van der Waals surface area contributed by atoms with Crippen LogP contribution in [0.3, 0.4) is 0 Å². The lowest BCUT2D eigenvalue weighted by Crippen LogP contribution is -2.41. The Morgan fingerprint density at radius 1 is 1.19 bits per heavy atom. The minimum Gasteiger partial charge on any atom is -0.382 e. The van der Waals surface area contributed by atoms with Crippen molar-refractivity contribution >= 4 is 11.6 Å². The molecular weight excluding hydrogens is 405 g/mol. The van der Waals surface area contributed by atoms with Gasteiger partial charge in [-0.2, -0.15) is 18.4 Å². The average Bonchev–Trinajstić information content (AvgIpc) is 2.72. The Morgan fingerprint density at radius 3 is 2.45 bits per heavy atom. The van der Waals surface area contributed by atoms with Gasteiger partial charge in [0.2, 0.25) is 0 Å². The second-order valence-corrected chi connectivity index (χ2v) is 8.08. The molecule has 1 heterocycles. The second-order valence-electron chi connectivity index (χ2n) is 8.08. The number of carbonyl (C=O) groups is 1. The molecule has 1 N–H and O–H groups in total. The lowest BCUT2D eigenvalue weighted by atomic mass is 9.89. The molecular formula is C23H25F3N4O. The zero-order valence-corrected chi connectivity index (χ0v) is 17.8. The molecule has 1 aliphatic rings. The number of carbonyl (C=O) groups excluding carboxylic acids is 1. The molecule has 1 aromatic carbocycles. The van der Waals surface area contributed by atoms with Crippen molar-refractivity contribution in [2.24, 2.45) is 0 Å². The third-order valence-electron chi connectivity index (χ3n) is 5.94. The highest BCUT2D eigenvalue weighted by atomic mass is 19.4. The molecule has 164 valence electrons. The zero-order chi connectivity index (χ0) is 22.8. The van der Waals surface area contributed by atoms with Crippen LogP contribution < -0.4 is 5.32 Å². The number of hydrogen-bond acceptors (Lipinski definition) is 4. The molecule has 0 aliphatic heterocycles. The van der Waals surface area contributed by atoms with Crippen LogP contribution in [-0.2, 0) is 6.18 Å². The van der Waals surface area contributed by atoms with E-state index in [9.17, 15) is 18.0 Å². The molecule has 1 aliphatic carbocycles. The molecule has 1 amide bonds. The highest BCUT2D eigenvalue weighted by Gasteiger charge is 2.35. The zero-order valence-electron chi connectivity index (χ0n) is 17.8. The van der Waals surface area contributed by atoms with E-state index < -0.39 is 11.7 Å². The number of aryl methyl sites for hydroxylation is 2. The Labute approximate surface area is 179 Å². The first-order valence-corrected chi connectivity index (χ1v) is 10.2. The standard InChI is InChI=1S/C23H25F3N4O/c1-14-10-17(11-21(20(14)12-27)23(24,25)26)29-16-4-6-18(7-5-16)30(3)22(31)19-8-9-28-13-15(19)2/h8-11,13,16,18,29H,4-7H2,1-3H3. The van der Waals surface area contributed by atoms with E-state index in [-0.39, 0.29) is 23.6 Å². The quantitative estimate of drug-likeness (QED) is 0.734. The van der Waals surface area contributed by atoms with Crippen molar-refractivity contribution in [1.29, 1.82) is 5.26 Å². The Balaban J connectivity index is 1.66. The number of pyridine rings is 1. The Bertz CT molecular complexity index is 1000. The number of rotatable bonds is 4. The predicted octanol–water partition coefficient (Wildman–Crippen LogP) is 5.08. The summed E-state index contributed by atoms with van der Waals surface area (Å²) in [4.78, 5) is 18.6. The number of nitrogens with one attached hydrogen (secondary N) is 1. The second kappa shape index (κ2) is 8.96. The van der Waals surface area contributed by atoms with Crippen LogP contribution >= 0.6 is 0 Å². The van der Waals surface area contributed by atoms with Crippen molar-refractivity contribution in [1.82, 2.24) is 9.88 Å². The Hall–Kier alpha value is -3.08. The number of nitrogens with zero attached hydrogens (tertiary/aromatic N) is 3. The molecule has 0 unspecified atom stereocenters. The molecule has 0 radical (unpaired) electrons. The van der Waals surface area contributed by atoms with Gasteiger partial charge in [0.1, 0.15) is 6.07 Å². The first-order valence-electron chi connectivity index (χ1n) is 10.2.